The van der Waals surface area contributed by atoms with Gasteiger partial charge in [0, 0.05) is 31.4 Å². The number of nitrogens with zero attached hydrogens (tertiary/aromatic N) is 4. The van der Waals surface area contributed by atoms with Gasteiger partial charge in [-0.15, -0.1) is 0 Å². The van der Waals surface area contributed by atoms with Crippen LogP contribution in [0.25, 0.3) is 11.2 Å². The van der Waals surface area contributed by atoms with Gasteiger partial charge < -0.3 is 14.4 Å². The molecule has 1 N–H and O–H groups in total. The summed E-state index contributed by atoms with van der Waals surface area (Å²) >= 11 is 0. The molecule has 1 aliphatic rings. The molecule has 0 aliphatic carbocycles. The number of H-pyrrole nitrogens is 1. The molecule has 0 spiro atoms. The molecule has 8 heteroatoms. The van der Waals surface area contributed by atoms with E-state index in [0.29, 0.717) is 37.0 Å². The molecule has 8 nitrogen and oxygen atoms in total. The predicted molar refractivity (Wildman–Crippen MR) is 108 cm³/mol. The van der Waals surface area contributed by atoms with Crippen molar-refractivity contribution in [3.05, 3.63) is 42.4 Å². The van der Waals surface area contributed by atoms with Crippen LogP contribution in [0.1, 0.15) is 38.3 Å². The number of amides is 1. The number of carbonyl (C=O) groups is 1. The average molecular weight is 395 g/mol. The van der Waals surface area contributed by atoms with E-state index in [1.165, 1.54) is 0 Å². The number of rotatable bonds is 6. The van der Waals surface area contributed by atoms with Crippen LogP contribution in [0.15, 0.2) is 36.7 Å². The molecule has 1 aliphatic heterocycles. The Labute approximate surface area is 169 Å². The minimum absolute atomic E-state index is 0.00611. The van der Waals surface area contributed by atoms with Crippen LogP contribution in [0.2, 0.25) is 0 Å². The molecule has 2 aromatic heterocycles. The third-order valence-corrected chi connectivity index (χ3v) is 5.23. The molecule has 3 aromatic rings. The molecule has 1 fully saturated rings. The summed E-state index contributed by atoms with van der Waals surface area (Å²) in [4.78, 5) is 23.3. The van der Waals surface area contributed by atoms with Gasteiger partial charge in [-0.2, -0.15) is 5.10 Å². The first kappa shape index (κ1) is 19.2. The summed E-state index contributed by atoms with van der Waals surface area (Å²) < 4.78 is 11.3. The van der Waals surface area contributed by atoms with Crippen LogP contribution in [0.3, 0.4) is 0 Å². The maximum atomic E-state index is 12.8. The smallest absolute Gasteiger partial charge is 0.263 e. The first-order valence-electron chi connectivity index (χ1n) is 9.99. The Bertz CT molecular complexity index is 964. The maximum Gasteiger partial charge on any atom is 0.263 e. The Kier molecular flexibility index (Phi) is 5.59. The lowest BCUT2D eigenvalue weighted by atomic mass is 9.93. The Morgan fingerprint density at radius 1 is 1.17 bits per heavy atom. The maximum absolute atomic E-state index is 12.8. The molecular formula is C21H25N5O3. The molecule has 0 radical (unpaired) electrons. The van der Waals surface area contributed by atoms with Crippen molar-refractivity contribution in [1.29, 1.82) is 0 Å². The number of likely N-dealkylation sites (tertiary alicyclic amines) is 1. The number of piperidine rings is 1. The largest absolute Gasteiger partial charge is 0.494 e. The highest BCUT2D eigenvalue weighted by Crippen LogP contribution is 2.30. The summed E-state index contributed by atoms with van der Waals surface area (Å²) in [5.74, 6) is 1.75. The summed E-state index contributed by atoms with van der Waals surface area (Å²) in [5, 5.41) is 7.32. The van der Waals surface area contributed by atoms with Gasteiger partial charge in [-0.05, 0) is 51.0 Å². The zero-order chi connectivity index (χ0) is 20.2. The van der Waals surface area contributed by atoms with Gasteiger partial charge in [0.15, 0.2) is 11.8 Å². The number of nitrogens with one attached hydrogen (secondary N) is 1. The van der Waals surface area contributed by atoms with E-state index in [2.05, 4.69) is 20.2 Å². The molecule has 3 heterocycles. The molecule has 1 unspecified atom stereocenters. The van der Waals surface area contributed by atoms with Gasteiger partial charge in [-0.3, -0.25) is 9.89 Å². The van der Waals surface area contributed by atoms with E-state index in [4.69, 9.17) is 9.47 Å². The lowest BCUT2D eigenvalue weighted by Gasteiger charge is -2.33. The van der Waals surface area contributed by atoms with E-state index in [0.717, 1.165) is 29.8 Å². The monoisotopic (exact) mass is 395 g/mol. The second-order valence-corrected chi connectivity index (χ2v) is 7.13. The molecule has 4 rings (SSSR count). The van der Waals surface area contributed by atoms with Crippen LogP contribution >= 0.6 is 0 Å². The van der Waals surface area contributed by atoms with Gasteiger partial charge in [0.25, 0.3) is 5.91 Å². The molecule has 1 aromatic carbocycles. The van der Waals surface area contributed by atoms with Crippen molar-refractivity contribution in [2.75, 3.05) is 19.7 Å². The second-order valence-electron chi connectivity index (χ2n) is 7.13. The van der Waals surface area contributed by atoms with E-state index in [9.17, 15) is 4.79 Å². The highest BCUT2D eigenvalue weighted by Gasteiger charge is 2.29. The van der Waals surface area contributed by atoms with Crippen LogP contribution in [0.5, 0.6) is 11.5 Å². The summed E-state index contributed by atoms with van der Waals surface area (Å²) in [6.45, 7) is 5.72. The molecule has 29 heavy (non-hydrogen) atoms. The fourth-order valence-electron chi connectivity index (χ4n) is 3.73. The number of fused-ring (bicyclic) bond motifs is 1. The number of hydrogen-bond acceptors (Lipinski definition) is 6. The summed E-state index contributed by atoms with van der Waals surface area (Å²) in [5.41, 5.74) is 2.47. The van der Waals surface area contributed by atoms with Crippen molar-refractivity contribution in [3.63, 3.8) is 0 Å². The topological polar surface area (TPSA) is 93.2 Å². The number of aromatic nitrogens is 4. The van der Waals surface area contributed by atoms with Gasteiger partial charge in [0.05, 0.1) is 12.3 Å². The lowest BCUT2D eigenvalue weighted by molar-refractivity contribution is -0.139. The molecule has 0 bridgehead atoms. The highest BCUT2D eigenvalue weighted by molar-refractivity contribution is 5.81. The van der Waals surface area contributed by atoms with Gasteiger partial charge in [0.2, 0.25) is 0 Å². The second kappa shape index (κ2) is 8.46. The van der Waals surface area contributed by atoms with Crippen LogP contribution in [-0.2, 0) is 4.79 Å². The third kappa shape index (κ3) is 4.16. The zero-order valence-corrected chi connectivity index (χ0v) is 16.7. The minimum Gasteiger partial charge on any atom is -0.494 e. The van der Waals surface area contributed by atoms with Crippen LogP contribution < -0.4 is 9.47 Å². The molecule has 1 saturated heterocycles. The Morgan fingerprint density at radius 2 is 1.86 bits per heavy atom. The van der Waals surface area contributed by atoms with Gasteiger partial charge in [-0.1, -0.05) is 0 Å². The van der Waals surface area contributed by atoms with E-state index in [1.807, 2.05) is 36.1 Å². The minimum atomic E-state index is -0.539. The standard InChI is InChI=1S/C21H25N5O3/c1-3-28-16-4-6-17(7-5-16)29-14(2)21(27)26-12-8-15(9-13-26)18-19-20(25-24-18)23-11-10-22-19/h4-7,10-11,14-15H,3,8-9,12-13H2,1-2H3,(H,23,24,25). The molecular weight excluding hydrogens is 370 g/mol. The average Bonchev–Trinajstić information content (AvgIpc) is 3.19. The number of carbonyl (C=O) groups excluding carboxylic acids is 1. The quantitative estimate of drug-likeness (QED) is 0.690. The molecule has 1 amide bonds. The van der Waals surface area contributed by atoms with Crippen molar-refractivity contribution in [3.8, 4) is 11.5 Å². The Hall–Kier alpha value is -3.16. The van der Waals surface area contributed by atoms with Crippen molar-refractivity contribution >= 4 is 17.1 Å². The van der Waals surface area contributed by atoms with E-state index in [-0.39, 0.29) is 5.91 Å². The van der Waals surface area contributed by atoms with E-state index >= 15 is 0 Å². The number of benzene rings is 1. The summed E-state index contributed by atoms with van der Waals surface area (Å²) in [6.07, 6.45) is 4.49. The molecule has 152 valence electrons. The Balaban J connectivity index is 1.33. The van der Waals surface area contributed by atoms with Crippen LogP contribution in [0, 0.1) is 0 Å². The van der Waals surface area contributed by atoms with Gasteiger partial charge in [-0.25, -0.2) is 9.97 Å². The third-order valence-electron chi connectivity index (χ3n) is 5.23. The van der Waals surface area contributed by atoms with Crippen molar-refractivity contribution in [2.24, 2.45) is 0 Å². The van der Waals surface area contributed by atoms with Crippen molar-refractivity contribution in [2.45, 2.75) is 38.7 Å². The lowest BCUT2D eigenvalue weighted by Crippen LogP contribution is -2.44. The van der Waals surface area contributed by atoms with Crippen LogP contribution in [0.4, 0.5) is 0 Å². The van der Waals surface area contributed by atoms with Gasteiger partial charge in [0.1, 0.15) is 17.0 Å². The van der Waals surface area contributed by atoms with E-state index in [1.54, 1.807) is 19.3 Å². The molecule has 1 atom stereocenters. The fourth-order valence-corrected chi connectivity index (χ4v) is 3.73. The number of ether oxygens (including phenoxy) is 2. The first-order chi connectivity index (χ1) is 14.2. The number of aromatic amines is 1. The van der Waals surface area contributed by atoms with Crippen molar-refractivity contribution in [1.82, 2.24) is 25.1 Å². The van der Waals surface area contributed by atoms with Gasteiger partial charge >= 0.3 is 0 Å². The first-order valence-corrected chi connectivity index (χ1v) is 9.99. The molecule has 0 saturated carbocycles. The Morgan fingerprint density at radius 3 is 2.59 bits per heavy atom. The number of hydrogen-bond donors (Lipinski definition) is 1. The normalized spacial score (nSPS) is 16.0. The fraction of sp³-hybridized carbons (Fsp3) is 0.429. The highest BCUT2D eigenvalue weighted by atomic mass is 16.5. The summed E-state index contributed by atoms with van der Waals surface area (Å²) in [6, 6.07) is 7.34. The van der Waals surface area contributed by atoms with Crippen molar-refractivity contribution < 1.29 is 14.3 Å². The predicted octanol–water partition coefficient (Wildman–Crippen LogP) is 2.93. The van der Waals surface area contributed by atoms with Crippen LogP contribution in [-0.4, -0.2) is 56.8 Å². The SMILES string of the molecule is CCOc1ccc(OC(C)C(=O)N2CCC(c3[nH]nc4nccnc34)CC2)cc1. The zero-order valence-electron chi connectivity index (χ0n) is 16.7. The van der Waals surface area contributed by atoms with E-state index < -0.39 is 6.10 Å². The summed E-state index contributed by atoms with van der Waals surface area (Å²) in [7, 11) is 0.